The first-order chi connectivity index (χ1) is 12.2. The van der Waals surface area contributed by atoms with Crippen molar-refractivity contribution in [1.82, 2.24) is 19.9 Å². The quantitative estimate of drug-likeness (QED) is 0.736. The third-order valence-electron chi connectivity index (χ3n) is 3.65. The smallest absolute Gasteiger partial charge is 0.253 e. The maximum absolute atomic E-state index is 12.0. The van der Waals surface area contributed by atoms with Crippen LogP contribution in [0.15, 0.2) is 52.9 Å². The van der Waals surface area contributed by atoms with Crippen LogP contribution in [0.5, 0.6) is 0 Å². The molecule has 0 bridgehead atoms. The molecule has 0 unspecified atom stereocenters. The predicted octanol–water partition coefficient (Wildman–Crippen LogP) is 2.25. The number of amides is 1. The van der Waals surface area contributed by atoms with Gasteiger partial charge in [0, 0.05) is 22.7 Å². The van der Waals surface area contributed by atoms with Gasteiger partial charge in [-0.2, -0.15) is 0 Å². The van der Waals surface area contributed by atoms with Crippen LogP contribution in [0.2, 0.25) is 0 Å². The van der Waals surface area contributed by atoms with Gasteiger partial charge in [-0.15, -0.1) is 11.3 Å². The molecule has 3 rings (SSSR count). The molecular weight excluding hydrogens is 336 g/mol. The van der Waals surface area contributed by atoms with Crippen molar-refractivity contribution in [1.29, 1.82) is 0 Å². The van der Waals surface area contributed by atoms with E-state index in [9.17, 15) is 9.59 Å². The molecule has 0 radical (unpaired) electrons. The lowest BCUT2D eigenvalue weighted by Crippen LogP contribution is -2.32. The van der Waals surface area contributed by atoms with Crippen molar-refractivity contribution in [2.24, 2.45) is 0 Å². The summed E-state index contributed by atoms with van der Waals surface area (Å²) >= 11 is 1.54. The number of aryl methyl sites for hydroxylation is 1. The highest BCUT2D eigenvalue weighted by Gasteiger charge is 2.08. The molecule has 2 aromatic heterocycles. The maximum atomic E-state index is 12.0. The van der Waals surface area contributed by atoms with E-state index in [0.717, 1.165) is 22.0 Å². The Bertz CT molecular complexity index is 918. The van der Waals surface area contributed by atoms with E-state index < -0.39 is 0 Å². The van der Waals surface area contributed by atoms with Crippen LogP contribution >= 0.6 is 11.3 Å². The number of rotatable bonds is 6. The van der Waals surface area contributed by atoms with Gasteiger partial charge < -0.3 is 5.32 Å². The Hall–Kier alpha value is -2.80. The van der Waals surface area contributed by atoms with E-state index in [1.165, 1.54) is 28.3 Å². The Labute approximate surface area is 149 Å². The first-order valence-corrected chi connectivity index (χ1v) is 8.85. The van der Waals surface area contributed by atoms with Crippen molar-refractivity contribution in [2.75, 3.05) is 0 Å². The summed E-state index contributed by atoms with van der Waals surface area (Å²) in [7, 11) is 0. The molecule has 1 aromatic carbocycles. The maximum Gasteiger partial charge on any atom is 0.253 e. The summed E-state index contributed by atoms with van der Waals surface area (Å²) in [6, 6.07) is 11.4. The van der Waals surface area contributed by atoms with Crippen LogP contribution in [0, 0.1) is 0 Å². The zero-order valence-corrected chi connectivity index (χ0v) is 14.6. The van der Waals surface area contributed by atoms with Crippen LogP contribution in [0.25, 0.3) is 10.6 Å². The number of benzene rings is 1. The highest BCUT2D eigenvalue weighted by atomic mass is 32.1. The largest absolute Gasteiger partial charge is 0.349 e. The lowest BCUT2D eigenvalue weighted by molar-refractivity contribution is -0.121. The second-order valence-corrected chi connectivity index (χ2v) is 6.34. The fourth-order valence-electron chi connectivity index (χ4n) is 2.28. The molecular formula is C18H18N4O2S. The van der Waals surface area contributed by atoms with Crippen molar-refractivity contribution < 1.29 is 4.79 Å². The SMILES string of the molecule is CCc1cc(=O)n(CC(=O)NCc2csc(-c3ccccc3)n2)cn1. The number of hydrogen-bond acceptors (Lipinski definition) is 5. The average Bonchev–Trinajstić information content (AvgIpc) is 3.11. The van der Waals surface area contributed by atoms with Crippen LogP contribution in [0.1, 0.15) is 18.3 Å². The van der Waals surface area contributed by atoms with Crippen molar-refractivity contribution in [3.63, 3.8) is 0 Å². The highest BCUT2D eigenvalue weighted by molar-refractivity contribution is 7.13. The molecule has 0 aliphatic rings. The number of carbonyl (C=O) groups is 1. The summed E-state index contributed by atoms with van der Waals surface area (Å²) in [6.45, 7) is 2.21. The molecule has 0 aliphatic heterocycles. The number of thiazole rings is 1. The van der Waals surface area contributed by atoms with Crippen LogP contribution in [-0.4, -0.2) is 20.4 Å². The van der Waals surface area contributed by atoms with Gasteiger partial charge >= 0.3 is 0 Å². The number of nitrogens with zero attached hydrogens (tertiary/aromatic N) is 3. The van der Waals surface area contributed by atoms with Gasteiger partial charge in [-0.3, -0.25) is 14.2 Å². The lowest BCUT2D eigenvalue weighted by atomic mass is 10.2. The van der Waals surface area contributed by atoms with Gasteiger partial charge in [0.2, 0.25) is 5.91 Å². The molecule has 0 saturated carbocycles. The molecule has 1 N–H and O–H groups in total. The van der Waals surface area contributed by atoms with Crippen LogP contribution in [-0.2, 0) is 24.3 Å². The van der Waals surface area contributed by atoms with E-state index in [1.54, 1.807) is 0 Å². The monoisotopic (exact) mass is 354 g/mol. The Morgan fingerprint density at radius 3 is 2.76 bits per heavy atom. The standard InChI is InChI=1S/C18H18N4O2S/c1-2-14-8-17(24)22(12-20-14)10-16(23)19-9-15-11-25-18(21-15)13-6-4-3-5-7-13/h3-8,11-12H,2,9-10H2,1H3,(H,19,23). The lowest BCUT2D eigenvalue weighted by Gasteiger charge is -2.06. The molecule has 25 heavy (non-hydrogen) atoms. The van der Waals surface area contributed by atoms with Gasteiger partial charge in [-0.05, 0) is 6.42 Å². The fraction of sp³-hybridized carbons (Fsp3) is 0.222. The van der Waals surface area contributed by atoms with Gasteiger partial charge in [0.25, 0.3) is 5.56 Å². The molecule has 0 spiro atoms. The molecule has 128 valence electrons. The number of aromatic nitrogens is 3. The summed E-state index contributed by atoms with van der Waals surface area (Å²) in [5.74, 6) is -0.248. The number of nitrogens with one attached hydrogen (secondary N) is 1. The van der Waals surface area contributed by atoms with Crippen molar-refractivity contribution in [3.05, 3.63) is 69.8 Å². The topological polar surface area (TPSA) is 76.9 Å². The van der Waals surface area contributed by atoms with Crippen LogP contribution < -0.4 is 10.9 Å². The molecule has 7 heteroatoms. The van der Waals surface area contributed by atoms with E-state index in [2.05, 4.69) is 15.3 Å². The Morgan fingerprint density at radius 2 is 2.04 bits per heavy atom. The van der Waals surface area contributed by atoms with E-state index in [0.29, 0.717) is 13.0 Å². The summed E-state index contributed by atoms with van der Waals surface area (Å²) < 4.78 is 1.30. The zero-order chi connectivity index (χ0) is 17.6. The average molecular weight is 354 g/mol. The van der Waals surface area contributed by atoms with Gasteiger partial charge in [0.1, 0.15) is 11.6 Å². The van der Waals surface area contributed by atoms with Crippen molar-refractivity contribution >= 4 is 17.2 Å². The minimum atomic E-state index is -0.248. The Balaban J connectivity index is 1.58. The summed E-state index contributed by atoms with van der Waals surface area (Å²) in [6.07, 6.45) is 2.10. The van der Waals surface area contributed by atoms with E-state index in [-0.39, 0.29) is 18.0 Å². The molecule has 0 fully saturated rings. The fourth-order valence-corrected chi connectivity index (χ4v) is 3.10. The van der Waals surface area contributed by atoms with Gasteiger partial charge in [-0.25, -0.2) is 9.97 Å². The molecule has 6 nitrogen and oxygen atoms in total. The van der Waals surface area contributed by atoms with Gasteiger partial charge in [-0.1, -0.05) is 37.3 Å². The number of carbonyl (C=O) groups excluding carboxylic acids is 1. The van der Waals surface area contributed by atoms with Gasteiger partial charge in [0.05, 0.1) is 18.6 Å². The summed E-state index contributed by atoms with van der Waals surface area (Å²) in [5, 5.41) is 5.63. The first-order valence-electron chi connectivity index (χ1n) is 7.97. The summed E-state index contributed by atoms with van der Waals surface area (Å²) in [4.78, 5) is 32.6. The third kappa shape index (κ3) is 4.39. The van der Waals surface area contributed by atoms with E-state index in [1.807, 2.05) is 42.6 Å². The van der Waals surface area contributed by atoms with E-state index in [4.69, 9.17) is 0 Å². The van der Waals surface area contributed by atoms with Gasteiger partial charge in [0.15, 0.2) is 0 Å². The summed E-state index contributed by atoms with van der Waals surface area (Å²) in [5.41, 5.74) is 2.35. The molecule has 0 atom stereocenters. The van der Waals surface area contributed by atoms with Crippen molar-refractivity contribution in [3.8, 4) is 10.6 Å². The third-order valence-corrected chi connectivity index (χ3v) is 4.59. The zero-order valence-electron chi connectivity index (χ0n) is 13.8. The highest BCUT2D eigenvalue weighted by Crippen LogP contribution is 2.23. The molecule has 1 amide bonds. The Kier molecular flexibility index (Phi) is 5.35. The molecule has 0 aliphatic carbocycles. The predicted molar refractivity (Wildman–Crippen MR) is 97.3 cm³/mol. The van der Waals surface area contributed by atoms with Crippen LogP contribution in [0.4, 0.5) is 0 Å². The second-order valence-electron chi connectivity index (χ2n) is 5.49. The molecule has 0 saturated heterocycles. The molecule has 3 aromatic rings. The minimum absolute atomic E-state index is 0.0501. The van der Waals surface area contributed by atoms with Crippen molar-refractivity contribution in [2.45, 2.75) is 26.4 Å². The number of hydrogen-bond donors (Lipinski definition) is 1. The minimum Gasteiger partial charge on any atom is -0.349 e. The second kappa shape index (κ2) is 7.85. The van der Waals surface area contributed by atoms with Crippen LogP contribution in [0.3, 0.4) is 0 Å². The normalized spacial score (nSPS) is 10.6. The Morgan fingerprint density at radius 1 is 1.24 bits per heavy atom. The molecule has 2 heterocycles. The van der Waals surface area contributed by atoms with E-state index >= 15 is 0 Å². The first kappa shape index (κ1) is 17.0.